The molecule has 0 radical (unpaired) electrons. The fourth-order valence-corrected chi connectivity index (χ4v) is 2.96. The van der Waals surface area contributed by atoms with Crippen LogP contribution in [0.4, 0.5) is 0 Å². The van der Waals surface area contributed by atoms with Crippen LogP contribution in [0.5, 0.6) is 5.75 Å². The van der Waals surface area contributed by atoms with Crippen molar-refractivity contribution in [3.05, 3.63) is 71.9 Å². The molecule has 0 bridgehead atoms. The molecule has 3 aromatic rings. The van der Waals surface area contributed by atoms with Crippen molar-refractivity contribution in [1.82, 2.24) is 10.3 Å². The zero-order chi connectivity index (χ0) is 18.9. The number of hydrogen-bond acceptors (Lipinski definition) is 3. The van der Waals surface area contributed by atoms with Crippen molar-refractivity contribution >= 4 is 16.8 Å². The maximum absolute atomic E-state index is 12.0. The van der Waals surface area contributed by atoms with Crippen LogP contribution in [0.15, 0.2) is 60.8 Å². The zero-order valence-corrected chi connectivity index (χ0v) is 15.8. The Morgan fingerprint density at radius 2 is 1.81 bits per heavy atom. The summed E-state index contributed by atoms with van der Waals surface area (Å²) in [6.45, 7) is 3.31. The van der Waals surface area contributed by atoms with Crippen LogP contribution in [0.3, 0.4) is 0 Å². The van der Waals surface area contributed by atoms with Crippen molar-refractivity contribution in [1.29, 1.82) is 0 Å². The Hall–Kier alpha value is -2.88. The van der Waals surface area contributed by atoms with E-state index in [4.69, 9.17) is 4.74 Å². The number of nitrogens with zero attached hydrogens (tertiary/aromatic N) is 1. The van der Waals surface area contributed by atoms with Gasteiger partial charge in [0.25, 0.3) is 0 Å². The Morgan fingerprint density at radius 1 is 1.04 bits per heavy atom. The van der Waals surface area contributed by atoms with Gasteiger partial charge in [-0.05, 0) is 42.5 Å². The predicted octanol–water partition coefficient (Wildman–Crippen LogP) is 4.32. The number of amides is 1. The zero-order valence-electron chi connectivity index (χ0n) is 15.8. The van der Waals surface area contributed by atoms with E-state index in [-0.39, 0.29) is 5.91 Å². The molecule has 1 heterocycles. The topological polar surface area (TPSA) is 51.2 Å². The Labute approximate surface area is 160 Å². The third-order valence-corrected chi connectivity index (χ3v) is 4.57. The lowest BCUT2D eigenvalue weighted by Crippen LogP contribution is -2.25. The highest BCUT2D eigenvalue weighted by Gasteiger charge is 2.04. The van der Waals surface area contributed by atoms with Crippen molar-refractivity contribution in [3.63, 3.8) is 0 Å². The second kappa shape index (κ2) is 9.72. The molecule has 4 nitrogen and oxygen atoms in total. The summed E-state index contributed by atoms with van der Waals surface area (Å²) in [5, 5.41) is 4.03. The van der Waals surface area contributed by atoms with E-state index in [0.717, 1.165) is 35.9 Å². The minimum Gasteiger partial charge on any atom is -0.491 e. The van der Waals surface area contributed by atoms with Gasteiger partial charge in [-0.15, -0.1) is 0 Å². The van der Waals surface area contributed by atoms with E-state index in [1.165, 1.54) is 11.1 Å². The van der Waals surface area contributed by atoms with Crippen molar-refractivity contribution < 1.29 is 9.53 Å². The first kappa shape index (κ1) is 18.9. The van der Waals surface area contributed by atoms with Crippen LogP contribution < -0.4 is 10.1 Å². The SMILES string of the molecule is CCc1ccc(CCC(=O)NCCCOc2cccc3cccnc23)cc1. The van der Waals surface area contributed by atoms with E-state index < -0.39 is 0 Å². The summed E-state index contributed by atoms with van der Waals surface area (Å²) in [7, 11) is 0. The fourth-order valence-electron chi connectivity index (χ4n) is 2.96. The molecule has 0 aliphatic rings. The number of aromatic nitrogens is 1. The predicted molar refractivity (Wildman–Crippen MR) is 109 cm³/mol. The number of carbonyl (C=O) groups is 1. The maximum atomic E-state index is 12.0. The second-order valence-corrected chi connectivity index (χ2v) is 6.55. The van der Waals surface area contributed by atoms with Gasteiger partial charge in [0.15, 0.2) is 0 Å². The van der Waals surface area contributed by atoms with Gasteiger partial charge in [-0.1, -0.05) is 49.4 Å². The third-order valence-electron chi connectivity index (χ3n) is 4.57. The molecule has 2 aromatic carbocycles. The number of para-hydroxylation sites is 1. The maximum Gasteiger partial charge on any atom is 0.220 e. The highest BCUT2D eigenvalue weighted by atomic mass is 16.5. The molecule has 0 fully saturated rings. The van der Waals surface area contributed by atoms with Crippen LogP contribution >= 0.6 is 0 Å². The summed E-state index contributed by atoms with van der Waals surface area (Å²) >= 11 is 0. The van der Waals surface area contributed by atoms with Crippen LogP contribution in [-0.2, 0) is 17.6 Å². The molecule has 1 amide bonds. The van der Waals surface area contributed by atoms with E-state index in [1.807, 2.05) is 30.3 Å². The number of pyridine rings is 1. The minimum absolute atomic E-state index is 0.0846. The monoisotopic (exact) mass is 362 g/mol. The summed E-state index contributed by atoms with van der Waals surface area (Å²) in [5.74, 6) is 0.872. The average molecular weight is 362 g/mol. The first-order valence-corrected chi connectivity index (χ1v) is 9.57. The largest absolute Gasteiger partial charge is 0.491 e. The number of nitrogens with one attached hydrogen (secondary N) is 1. The Balaban J connectivity index is 1.35. The molecule has 0 atom stereocenters. The molecular formula is C23H26N2O2. The van der Waals surface area contributed by atoms with Gasteiger partial charge in [-0.3, -0.25) is 9.78 Å². The molecule has 4 heteroatoms. The lowest BCUT2D eigenvalue weighted by atomic mass is 10.1. The molecule has 0 saturated carbocycles. The van der Waals surface area contributed by atoms with Crippen LogP contribution in [0, 0.1) is 0 Å². The molecule has 3 rings (SSSR count). The Morgan fingerprint density at radius 3 is 2.63 bits per heavy atom. The summed E-state index contributed by atoms with van der Waals surface area (Å²) in [6.07, 6.45) is 4.86. The highest BCUT2D eigenvalue weighted by molar-refractivity contribution is 5.84. The molecule has 1 aromatic heterocycles. The van der Waals surface area contributed by atoms with E-state index in [2.05, 4.69) is 41.5 Å². The van der Waals surface area contributed by atoms with Gasteiger partial charge in [0.05, 0.1) is 6.61 Å². The van der Waals surface area contributed by atoms with Crippen LogP contribution in [0.25, 0.3) is 10.9 Å². The molecule has 0 aliphatic heterocycles. The average Bonchev–Trinajstić information content (AvgIpc) is 2.72. The number of hydrogen-bond donors (Lipinski definition) is 1. The van der Waals surface area contributed by atoms with Crippen LogP contribution in [-0.4, -0.2) is 24.0 Å². The van der Waals surface area contributed by atoms with E-state index in [9.17, 15) is 4.79 Å². The van der Waals surface area contributed by atoms with Crippen LogP contribution in [0.2, 0.25) is 0 Å². The molecular weight excluding hydrogens is 336 g/mol. The van der Waals surface area contributed by atoms with Gasteiger partial charge in [-0.2, -0.15) is 0 Å². The van der Waals surface area contributed by atoms with E-state index >= 15 is 0 Å². The molecule has 0 aliphatic carbocycles. The van der Waals surface area contributed by atoms with E-state index in [0.29, 0.717) is 19.6 Å². The number of fused-ring (bicyclic) bond motifs is 1. The number of ether oxygens (including phenoxy) is 1. The van der Waals surface area contributed by atoms with E-state index in [1.54, 1.807) is 6.20 Å². The number of carbonyl (C=O) groups excluding carboxylic acids is 1. The van der Waals surface area contributed by atoms with Gasteiger partial charge in [0, 0.05) is 24.5 Å². The summed E-state index contributed by atoms with van der Waals surface area (Å²) in [6, 6.07) is 18.3. The second-order valence-electron chi connectivity index (χ2n) is 6.55. The molecule has 0 saturated heterocycles. The quantitative estimate of drug-likeness (QED) is 0.577. The lowest BCUT2D eigenvalue weighted by molar-refractivity contribution is -0.121. The molecule has 1 N–H and O–H groups in total. The number of benzene rings is 2. The van der Waals surface area contributed by atoms with Gasteiger partial charge in [0.2, 0.25) is 5.91 Å². The van der Waals surface area contributed by atoms with Crippen molar-refractivity contribution in [2.24, 2.45) is 0 Å². The van der Waals surface area contributed by atoms with Gasteiger partial charge in [-0.25, -0.2) is 0 Å². The molecule has 0 unspecified atom stereocenters. The summed E-state index contributed by atoms with van der Waals surface area (Å²) in [5.41, 5.74) is 3.40. The lowest BCUT2D eigenvalue weighted by Gasteiger charge is -2.09. The number of rotatable bonds is 9. The summed E-state index contributed by atoms with van der Waals surface area (Å²) < 4.78 is 5.84. The minimum atomic E-state index is 0.0846. The highest BCUT2D eigenvalue weighted by Crippen LogP contribution is 2.22. The Bertz CT molecular complexity index is 870. The number of aryl methyl sites for hydroxylation is 2. The van der Waals surface area contributed by atoms with Gasteiger partial charge < -0.3 is 10.1 Å². The molecule has 0 spiro atoms. The standard InChI is InChI=1S/C23H26N2O2/c1-2-18-9-11-19(12-10-18)13-14-22(26)24-16-5-17-27-21-8-3-6-20-7-4-15-25-23(20)21/h3-4,6-12,15H,2,5,13-14,16-17H2,1H3,(H,24,26). The van der Waals surface area contributed by atoms with Crippen molar-refractivity contribution in [3.8, 4) is 5.75 Å². The third kappa shape index (κ3) is 5.55. The van der Waals surface area contributed by atoms with Crippen LogP contribution in [0.1, 0.15) is 30.9 Å². The first-order valence-electron chi connectivity index (χ1n) is 9.57. The first-order chi connectivity index (χ1) is 13.3. The van der Waals surface area contributed by atoms with Gasteiger partial charge >= 0.3 is 0 Å². The summed E-state index contributed by atoms with van der Waals surface area (Å²) in [4.78, 5) is 16.4. The normalized spacial score (nSPS) is 10.7. The smallest absolute Gasteiger partial charge is 0.220 e. The Kier molecular flexibility index (Phi) is 6.80. The molecule has 140 valence electrons. The fraction of sp³-hybridized carbons (Fsp3) is 0.304. The van der Waals surface area contributed by atoms with Crippen molar-refractivity contribution in [2.75, 3.05) is 13.2 Å². The van der Waals surface area contributed by atoms with Gasteiger partial charge in [0.1, 0.15) is 11.3 Å². The van der Waals surface area contributed by atoms with Crippen molar-refractivity contribution in [2.45, 2.75) is 32.6 Å². The molecule has 27 heavy (non-hydrogen) atoms.